The summed E-state index contributed by atoms with van der Waals surface area (Å²) in [4.78, 5) is 11.9. The Morgan fingerprint density at radius 3 is 2.48 bits per heavy atom. The lowest BCUT2D eigenvalue weighted by atomic mass is 10.1. The van der Waals surface area contributed by atoms with Crippen molar-refractivity contribution >= 4 is 11.8 Å². The molecular formula is C19H26N4. The minimum absolute atomic E-state index is 0.587. The van der Waals surface area contributed by atoms with Gasteiger partial charge in [0, 0.05) is 31.3 Å². The molecule has 1 aromatic heterocycles. The molecule has 23 heavy (non-hydrogen) atoms. The maximum absolute atomic E-state index is 4.83. The summed E-state index contributed by atoms with van der Waals surface area (Å²) in [6, 6.07) is 12.4. The number of nitrogens with one attached hydrogen (secondary N) is 1. The molecule has 0 radical (unpaired) electrons. The summed E-state index contributed by atoms with van der Waals surface area (Å²) in [6.45, 7) is 7.45. The Kier molecular flexibility index (Phi) is 5.11. The summed E-state index contributed by atoms with van der Waals surface area (Å²) in [5.41, 5.74) is 2.13. The van der Waals surface area contributed by atoms with Crippen molar-refractivity contribution in [2.24, 2.45) is 5.92 Å². The Morgan fingerprint density at radius 1 is 1.04 bits per heavy atom. The Hall–Kier alpha value is -2.10. The number of hydrogen-bond acceptors (Lipinski definition) is 4. The third-order valence-corrected chi connectivity index (χ3v) is 4.11. The fraction of sp³-hybridized carbons (Fsp3) is 0.474. The molecule has 3 rings (SSSR count). The summed E-state index contributed by atoms with van der Waals surface area (Å²) in [5, 5.41) is 3.46. The van der Waals surface area contributed by atoms with Crippen LogP contribution >= 0.6 is 0 Å². The number of piperidine rings is 1. The van der Waals surface area contributed by atoms with E-state index in [1.165, 1.54) is 19.3 Å². The molecule has 0 saturated carbocycles. The number of hydrogen-bond donors (Lipinski definition) is 1. The SMILES string of the molecule is CC(C)CNc1cc(-c2ccccc2)nc(N2CCCCC2)n1. The summed E-state index contributed by atoms with van der Waals surface area (Å²) < 4.78 is 0. The molecule has 4 heteroatoms. The van der Waals surface area contributed by atoms with Crippen molar-refractivity contribution in [2.45, 2.75) is 33.1 Å². The van der Waals surface area contributed by atoms with E-state index in [4.69, 9.17) is 9.97 Å². The highest BCUT2D eigenvalue weighted by Crippen LogP contribution is 2.24. The van der Waals surface area contributed by atoms with E-state index in [0.29, 0.717) is 5.92 Å². The van der Waals surface area contributed by atoms with Crippen molar-refractivity contribution in [3.05, 3.63) is 36.4 Å². The zero-order valence-corrected chi connectivity index (χ0v) is 14.1. The first-order chi connectivity index (χ1) is 11.2. The maximum atomic E-state index is 4.83. The van der Waals surface area contributed by atoms with Gasteiger partial charge in [0.1, 0.15) is 5.82 Å². The smallest absolute Gasteiger partial charge is 0.227 e. The second kappa shape index (κ2) is 7.44. The molecule has 1 saturated heterocycles. The minimum atomic E-state index is 0.587. The maximum Gasteiger partial charge on any atom is 0.227 e. The predicted octanol–water partition coefficient (Wildman–Crippen LogP) is 4.20. The van der Waals surface area contributed by atoms with E-state index in [1.54, 1.807) is 0 Å². The van der Waals surface area contributed by atoms with Gasteiger partial charge in [-0.3, -0.25) is 0 Å². The molecular weight excluding hydrogens is 284 g/mol. The summed E-state index contributed by atoms with van der Waals surface area (Å²) in [6.07, 6.45) is 3.77. The van der Waals surface area contributed by atoms with Crippen LogP contribution in [0.1, 0.15) is 33.1 Å². The van der Waals surface area contributed by atoms with Crippen LogP contribution in [0.5, 0.6) is 0 Å². The molecule has 4 nitrogen and oxygen atoms in total. The molecule has 0 spiro atoms. The third kappa shape index (κ3) is 4.21. The van der Waals surface area contributed by atoms with Crippen molar-refractivity contribution < 1.29 is 0 Å². The normalized spacial score (nSPS) is 15.0. The predicted molar refractivity (Wildman–Crippen MR) is 96.9 cm³/mol. The van der Waals surface area contributed by atoms with Crippen LogP contribution in [0, 0.1) is 5.92 Å². The molecule has 1 aromatic carbocycles. The van der Waals surface area contributed by atoms with Gasteiger partial charge in [0.25, 0.3) is 0 Å². The van der Waals surface area contributed by atoms with Gasteiger partial charge in [-0.1, -0.05) is 44.2 Å². The molecule has 1 aliphatic heterocycles. The number of nitrogens with zero attached hydrogens (tertiary/aromatic N) is 3. The lowest BCUT2D eigenvalue weighted by Crippen LogP contribution is -2.31. The fourth-order valence-corrected chi connectivity index (χ4v) is 2.83. The van der Waals surface area contributed by atoms with Crippen molar-refractivity contribution in [2.75, 3.05) is 29.9 Å². The minimum Gasteiger partial charge on any atom is -0.370 e. The highest BCUT2D eigenvalue weighted by Gasteiger charge is 2.16. The molecule has 0 aliphatic carbocycles. The quantitative estimate of drug-likeness (QED) is 0.898. The van der Waals surface area contributed by atoms with Crippen molar-refractivity contribution in [1.82, 2.24) is 9.97 Å². The van der Waals surface area contributed by atoms with Crippen LogP contribution in [-0.4, -0.2) is 29.6 Å². The second-order valence-electron chi connectivity index (χ2n) is 6.63. The van der Waals surface area contributed by atoms with E-state index in [9.17, 15) is 0 Å². The number of rotatable bonds is 5. The van der Waals surface area contributed by atoms with Crippen molar-refractivity contribution in [3.8, 4) is 11.3 Å². The lowest BCUT2D eigenvalue weighted by molar-refractivity contribution is 0.568. The molecule has 0 unspecified atom stereocenters. The standard InChI is InChI=1S/C19H26N4/c1-15(2)14-20-18-13-17(16-9-5-3-6-10-16)21-19(22-18)23-11-7-4-8-12-23/h3,5-6,9-10,13,15H,4,7-8,11-12,14H2,1-2H3,(H,20,21,22). The average molecular weight is 310 g/mol. The number of anilines is 2. The van der Waals surface area contributed by atoms with Gasteiger partial charge in [-0.05, 0) is 25.2 Å². The molecule has 1 N–H and O–H groups in total. The number of aromatic nitrogens is 2. The zero-order valence-electron chi connectivity index (χ0n) is 14.1. The molecule has 122 valence electrons. The van der Waals surface area contributed by atoms with E-state index in [2.05, 4.69) is 54.4 Å². The van der Waals surface area contributed by atoms with Crippen LogP contribution in [0.4, 0.5) is 11.8 Å². The Balaban J connectivity index is 1.92. The zero-order chi connectivity index (χ0) is 16.1. The monoisotopic (exact) mass is 310 g/mol. The first-order valence-corrected chi connectivity index (χ1v) is 8.66. The molecule has 1 fully saturated rings. The molecule has 2 aromatic rings. The van der Waals surface area contributed by atoms with Gasteiger partial charge in [-0.15, -0.1) is 0 Å². The summed E-state index contributed by atoms with van der Waals surface area (Å²) >= 11 is 0. The average Bonchev–Trinajstić information content (AvgIpc) is 2.61. The van der Waals surface area contributed by atoms with E-state index in [0.717, 1.165) is 42.7 Å². The summed E-state index contributed by atoms with van der Waals surface area (Å²) in [5.74, 6) is 2.37. The van der Waals surface area contributed by atoms with Crippen LogP contribution in [0.3, 0.4) is 0 Å². The highest BCUT2D eigenvalue weighted by atomic mass is 15.3. The van der Waals surface area contributed by atoms with Crippen molar-refractivity contribution in [1.29, 1.82) is 0 Å². The molecule has 0 amide bonds. The Bertz CT molecular complexity index is 619. The van der Waals surface area contributed by atoms with Crippen LogP contribution in [0.15, 0.2) is 36.4 Å². The van der Waals surface area contributed by atoms with E-state index in [-0.39, 0.29) is 0 Å². The Morgan fingerprint density at radius 2 is 1.78 bits per heavy atom. The van der Waals surface area contributed by atoms with E-state index < -0.39 is 0 Å². The van der Waals surface area contributed by atoms with Gasteiger partial charge in [0.05, 0.1) is 5.69 Å². The van der Waals surface area contributed by atoms with Crippen LogP contribution < -0.4 is 10.2 Å². The van der Waals surface area contributed by atoms with Gasteiger partial charge >= 0.3 is 0 Å². The molecule has 2 heterocycles. The van der Waals surface area contributed by atoms with Gasteiger partial charge in [0.2, 0.25) is 5.95 Å². The lowest BCUT2D eigenvalue weighted by Gasteiger charge is -2.27. The van der Waals surface area contributed by atoms with E-state index in [1.807, 2.05) is 6.07 Å². The first kappa shape index (κ1) is 15.8. The molecule has 0 atom stereocenters. The van der Waals surface area contributed by atoms with Crippen molar-refractivity contribution in [3.63, 3.8) is 0 Å². The van der Waals surface area contributed by atoms with Gasteiger partial charge in [0.15, 0.2) is 0 Å². The largest absolute Gasteiger partial charge is 0.370 e. The fourth-order valence-electron chi connectivity index (χ4n) is 2.83. The molecule has 0 bridgehead atoms. The highest BCUT2D eigenvalue weighted by molar-refractivity contribution is 5.64. The molecule has 1 aliphatic rings. The Labute approximate surface area is 139 Å². The first-order valence-electron chi connectivity index (χ1n) is 8.66. The summed E-state index contributed by atoms with van der Waals surface area (Å²) in [7, 11) is 0. The topological polar surface area (TPSA) is 41.1 Å². The number of benzene rings is 1. The van der Waals surface area contributed by atoms with Crippen LogP contribution in [0.25, 0.3) is 11.3 Å². The van der Waals surface area contributed by atoms with Crippen LogP contribution in [0.2, 0.25) is 0 Å². The van der Waals surface area contributed by atoms with Gasteiger partial charge < -0.3 is 10.2 Å². The second-order valence-corrected chi connectivity index (χ2v) is 6.63. The third-order valence-electron chi connectivity index (χ3n) is 4.11. The van der Waals surface area contributed by atoms with Gasteiger partial charge in [-0.25, -0.2) is 4.98 Å². The van der Waals surface area contributed by atoms with Gasteiger partial charge in [-0.2, -0.15) is 4.98 Å². The van der Waals surface area contributed by atoms with E-state index >= 15 is 0 Å². The van der Waals surface area contributed by atoms with Crippen LogP contribution in [-0.2, 0) is 0 Å².